The summed E-state index contributed by atoms with van der Waals surface area (Å²) in [6, 6.07) is 8.01. The van der Waals surface area contributed by atoms with Crippen LogP contribution >= 0.6 is 0 Å². The third-order valence-corrected chi connectivity index (χ3v) is 5.06. The Balaban J connectivity index is 2.09. The lowest BCUT2D eigenvalue weighted by atomic mass is 10.2. The van der Waals surface area contributed by atoms with Crippen molar-refractivity contribution in [3.63, 3.8) is 0 Å². The van der Waals surface area contributed by atoms with Gasteiger partial charge >= 0.3 is 0 Å². The molecular formula is C17H19FN2O5S. The monoisotopic (exact) mass is 382 g/mol. The number of carbonyl (C=O) groups is 1. The van der Waals surface area contributed by atoms with Gasteiger partial charge in [-0.3, -0.25) is 4.79 Å². The van der Waals surface area contributed by atoms with E-state index in [1.54, 1.807) is 18.2 Å². The van der Waals surface area contributed by atoms with Crippen molar-refractivity contribution < 1.29 is 27.1 Å². The van der Waals surface area contributed by atoms with Crippen molar-refractivity contribution in [3.05, 3.63) is 48.3 Å². The third kappa shape index (κ3) is 4.70. The lowest BCUT2D eigenvalue weighted by Crippen LogP contribution is -2.41. The summed E-state index contributed by atoms with van der Waals surface area (Å²) in [4.78, 5) is 12.1. The van der Waals surface area contributed by atoms with E-state index in [0.717, 1.165) is 24.3 Å². The number of halogens is 1. The molecule has 26 heavy (non-hydrogen) atoms. The first-order valence-corrected chi connectivity index (χ1v) is 9.06. The quantitative estimate of drug-likeness (QED) is 0.765. The van der Waals surface area contributed by atoms with Crippen molar-refractivity contribution in [2.45, 2.75) is 17.9 Å². The Kier molecular flexibility index (Phi) is 6.17. The van der Waals surface area contributed by atoms with Gasteiger partial charge in [0.1, 0.15) is 5.82 Å². The number of hydrogen-bond donors (Lipinski definition) is 2. The second-order valence-electron chi connectivity index (χ2n) is 5.36. The van der Waals surface area contributed by atoms with E-state index >= 15 is 0 Å². The Morgan fingerprint density at radius 3 is 2.23 bits per heavy atom. The normalized spacial score (nSPS) is 12.3. The van der Waals surface area contributed by atoms with Gasteiger partial charge in [-0.05, 0) is 43.3 Å². The minimum Gasteiger partial charge on any atom is -0.493 e. The Hall–Kier alpha value is -2.65. The fraction of sp³-hybridized carbons (Fsp3) is 0.235. The average molecular weight is 382 g/mol. The van der Waals surface area contributed by atoms with Gasteiger partial charge in [0.2, 0.25) is 15.9 Å². The highest BCUT2D eigenvalue weighted by atomic mass is 32.2. The van der Waals surface area contributed by atoms with E-state index in [0.29, 0.717) is 17.2 Å². The van der Waals surface area contributed by atoms with Crippen molar-refractivity contribution in [3.8, 4) is 11.5 Å². The number of rotatable bonds is 7. The SMILES string of the molecule is COc1ccc(NC(=O)C(C)NS(=O)(=O)c2ccc(F)cc2)cc1OC. The van der Waals surface area contributed by atoms with Crippen LogP contribution in [0.2, 0.25) is 0 Å². The number of anilines is 1. The molecule has 0 bridgehead atoms. The minimum atomic E-state index is -3.96. The maximum absolute atomic E-state index is 12.9. The van der Waals surface area contributed by atoms with Crippen LogP contribution in [0.25, 0.3) is 0 Å². The van der Waals surface area contributed by atoms with Gasteiger partial charge in [0.05, 0.1) is 25.2 Å². The summed E-state index contributed by atoms with van der Waals surface area (Å²) < 4.78 is 49.9. The lowest BCUT2D eigenvalue weighted by Gasteiger charge is -2.15. The van der Waals surface area contributed by atoms with Gasteiger partial charge in [0, 0.05) is 11.8 Å². The first-order valence-electron chi connectivity index (χ1n) is 7.57. The molecule has 0 saturated carbocycles. The molecule has 0 aliphatic rings. The van der Waals surface area contributed by atoms with Crippen LogP contribution in [0.4, 0.5) is 10.1 Å². The fourth-order valence-corrected chi connectivity index (χ4v) is 3.34. The molecule has 2 rings (SSSR count). The molecule has 2 N–H and O–H groups in total. The van der Waals surface area contributed by atoms with E-state index in [4.69, 9.17) is 9.47 Å². The third-order valence-electron chi connectivity index (χ3n) is 3.50. The molecule has 0 heterocycles. The Morgan fingerprint density at radius 1 is 1.04 bits per heavy atom. The van der Waals surface area contributed by atoms with Crippen LogP contribution in [0.3, 0.4) is 0 Å². The topological polar surface area (TPSA) is 93.7 Å². The number of methoxy groups -OCH3 is 2. The van der Waals surface area contributed by atoms with Gasteiger partial charge in [0.25, 0.3) is 0 Å². The van der Waals surface area contributed by atoms with E-state index in [-0.39, 0.29) is 4.90 Å². The molecule has 0 saturated heterocycles. The Bertz CT molecular complexity index is 885. The molecule has 140 valence electrons. The van der Waals surface area contributed by atoms with Gasteiger partial charge in [-0.1, -0.05) is 0 Å². The van der Waals surface area contributed by atoms with Crippen molar-refractivity contribution in [1.82, 2.24) is 4.72 Å². The summed E-state index contributed by atoms with van der Waals surface area (Å²) in [5.41, 5.74) is 0.417. The first-order chi connectivity index (χ1) is 12.3. The lowest BCUT2D eigenvalue weighted by molar-refractivity contribution is -0.117. The summed E-state index contributed by atoms with van der Waals surface area (Å²) in [7, 11) is -1.01. The Morgan fingerprint density at radius 2 is 1.65 bits per heavy atom. The van der Waals surface area contributed by atoms with Gasteiger partial charge in [-0.25, -0.2) is 12.8 Å². The fourth-order valence-electron chi connectivity index (χ4n) is 2.13. The number of ether oxygens (including phenoxy) is 2. The van der Waals surface area contributed by atoms with Crippen LogP contribution in [-0.2, 0) is 14.8 Å². The Labute approximate surface area is 151 Å². The van der Waals surface area contributed by atoms with Crippen LogP contribution < -0.4 is 19.5 Å². The van der Waals surface area contributed by atoms with Crippen LogP contribution in [0.15, 0.2) is 47.4 Å². The minimum absolute atomic E-state index is 0.135. The van der Waals surface area contributed by atoms with E-state index in [1.165, 1.54) is 21.1 Å². The van der Waals surface area contributed by atoms with Crippen molar-refractivity contribution in [1.29, 1.82) is 0 Å². The molecule has 1 amide bonds. The highest BCUT2D eigenvalue weighted by Gasteiger charge is 2.22. The van der Waals surface area contributed by atoms with Crippen LogP contribution in [0.5, 0.6) is 11.5 Å². The second kappa shape index (κ2) is 8.15. The van der Waals surface area contributed by atoms with Crippen LogP contribution in [0.1, 0.15) is 6.92 Å². The standard InChI is InChI=1S/C17H19FN2O5S/c1-11(20-26(22,23)14-7-4-12(18)5-8-14)17(21)19-13-6-9-15(24-2)16(10-13)25-3/h4-11,20H,1-3H3,(H,19,21). The van der Waals surface area contributed by atoms with E-state index in [2.05, 4.69) is 10.0 Å². The largest absolute Gasteiger partial charge is 0.493 e. The molecule has 0 aromatic heterocycles. The van der Waals surface area contributed by atoms with E-state index in [9.17, 15) is 17.6 Å². The summed E-state index contributed by atoms with van der Waals surface area (Å²) in [5, 5.41) is 2.59. The molecule has 1 unspecified atom stereocenters. The molecular weight excluding hydrogens is 363 g/mol. The smallest absolute Gasteiger partial charge is 0.242 e. The zero-order valence-electron chi connectivity index (χ0n) is 14.4. The van der Waals surface area contributed by atoms with Crippen LogP contribution in [0, 0.1) is 5.82 Å². The predicted octanol–water partition coefficient (Wildman–Crippen LogP) is 2.15. The number of amides is 1. The maximum atomic E-state index is 12.9. The second-order valence-corrected chi connectivity index (χ2v) is 7.07. The summed E-state index contributed by atoms with van der Waals surface area (Å²) in [6.45, 7) is 1.40. The number of hydrogen-bond acceptors (Lipinski definition) is 5. The zero-order valence-corrected chi connectivity index (χ0v) is 15.3. The number of benzene rings is 2. The van der Waals surface area contributed by atoms with E-state index < -0.39 is 27.8 Å². The van der Waals surface area contributed by atoms with Crippen molar-refractivity contribution in [2.75, 3.05) is 19.5 Å². The molecule has 0 aliphatic carbocycles. The van der Waals surface area contributed by atoms with Crippen molar-refractivity contribution >= 4 is 21.6 Å². The summed E-state index contributed by atoms with van der Waals surface area (Å²) >= 11 is 0. The number of carbonyl (C=O) groups excluding carboxylic acids is 1. The maximum Gasteiger partial charge on any atom is 0.242 e. The zero-order chi connectivity index (χ0) is 19.3. The van der Waals surface area contributed by atoms with Gasteiger partial charge in [-0.15, -0.1) is 0 Å². The molecule has 1 atom stereocenters. The molecule has 0 aliphatic heterocycles. The van der Waals surface area contributed by atoms with Gasteiger partial charge < -0.3 is 14.8 Å². The molecule has 0 radical (unpaired) electrons. The van der Waals surface area contributed by atoms with Crippen LogP contribution in [-0.4, -0.2) is 34.6 Å². The van der Waals surface area contributed by atoms with Crippen molar-refractivity contribution in [2.24, 2.45) is 0 Å². The summed E-state index contributed by atoms with van der Waals surface area (Å²) in [5.74, 6) is -0.202. The molecule has 9 heteroatoms. The molecule has 2 aromatic rings. The van der Waals surface area contributed by atoms with E-state index in [1.807, 2.05) is 0 Å². The molecule has 7 nitrogen and oxygen atoms in total. The number of sulfonamides is 1. The first kappa shape index (κ1) is 19.7. The van der Waals surface area contributed by atoms with Gasteiger partial charge in [0.15, 0.2) is 11.5 Å². The van der Waals surface area contributed by atoms with Gasteiger partial charge in [-0.2, -0.15) is 4.72 Å². The average Bonchev–Trinajstić information content (AvgIpc) is 2.61. The predicted molar refractivity (Wildman–Crippen MR) is 94.4 cm³/mol. The molecule has 2 aromatic carbocycles. The molecule has 0 spiro atoms. The highest BCUT2D eigenvalue weighted by molar-refractivity contribution is 7.89. The summed E-state index contributed by atoms with van der Waals surface area (Å²) in [6.07, 6.45) is 0. The molecule has 0 fully saturated rings. The highest BCUT2D eigenvalue weighted by Crippen LogP contribution is 2.29. The number of nitrogens with one attached hydrogen (secondary N) is 2.